The van der Waals surface area contributed by atoms with Gasteiger partial charge in [-0.15, -0.1) is 0 Å². The Morgan fingerprint density at radius 2 is 1.87 bits per heavy atom. The van der Waals surface area contributed by atoms with Crippen molar-refractivity contribution in [1.29, 1.82) is 0 Å². The van der Waals surface area contributed by atoms with Gasteiger partial charge in [0.1, 0.15) is 11.3 Å². The van der Waals surface area contributed by atoms with E-state index < -0.39 is 0 Å². The number of hydrogen-bond acceptors (Lipinski definition) is 6. The Hall–Kier alpha value is -1.82. The highest BCUT2D eigenvalue weighted by Crippen LogP contribution is 2.43. The van der Waals surface area contributed by atoms with Crippen LogP contribution in [-0.4, -0.2) is 48.1 Å². The van der Waals surface area contributed by atoms with Crippen molar-refractivity contribution in [1.82, 2.24) is 14.9 Å². The Bertz CT molecular complexity index is 743. The molecule has 6 nitrogen and oxygen atoms in total. The van der Waals surface area contributed by atoms with Crippen molar-refractivity contribution in [3.8, 4) is 0 Å². The number of aryl methyl sites for hydroxylation is 1. The molecule has 2 aromatic heterocycles. The van der Waals surface area contributed by atoms with Gasteiger partial charge in [0.25, 0.3) is 0 Å². The standard InChI is InChI=1S/C17H25N5O/c1-17(2)6-4-5-11-12-13(23-14(11)17)15(20-16(18)19-12)22-9-7-21(3)8-10-22/h4-10H2,1-3H3,(H2,18,19,20). The van der Waals surface area contributed by atoms with Gasteiger partial charge in [0.2, 0.25) is 5.95 Å². The second kappa shape index (κ2) is 5.09. The van der Waals surface area contributed by atoms with Crippen LogP contribution >= 0.6 is 0 Å². The number of fused-ring (bicyclic) bond motifs is 3. The molecule has 0 radical (unpaired) electrons. The van der Waals surface area contributed by atoms with Gasteiger partial charge in [0.05, 0.1) is 0 Å². The number of likely N-dealkylation sites (N-methyl/N-ethyl adjacent to an activating group) is 1. The summed E-state index contributed by atoms with van der Waals surface area (Å²) in [7, 11) is 2.15. The predicted molar refractivity (Wildman–Crippen MR) is 91.9 cm³/mol. The topological polar surface area (TPSA) is 71.4 Å². The molecule has 23 heavy (non-hydrogen) atoms. The van der Waals surface area contributed by atoms with Crippen molar-refractivity contribution in [2.24, 2.45) is 0 Å². The molecule has 2 aliphatic rings. The first-order chi connectivity index (χ1) is 11.0. The van der Waals surface area contributed by atoms with E-state index in [1.54, 1.807) is 0 Å². The minimum absolute atomic E-state index is 0.0580. The molecule has 0 atom stereocenters. The van der Waals surface area contributed by atoms with Crippen LogP contribution in [0.2, 0.25) is 0 Å². The zero-order valence-electron chi connectivity index (χ0n) is 14.2. The van der Waals surface area contributed by atoms with Crippen molar-refractivity contribution in [2.75, 3.05) is 43.9 Å². The summed E-state index contributed by atoms with van der Waals surface area (Å²) in [6, 6.07) is 0. The second-order valence-electron chi connectivity index (χ2n) is 7.52. The van der Waals surface area contributed by atoms with Gasteiger partial charge in [0.15, 0.2) is 11.4 Å². The third-order valence-corrected chi connectivity index (χ3v) is 5.28. The highest BCUT2D eigenvalue weighted by atomic mass is 16.3. The minimum Gasteiger partial charge on any atom is -0.455 e. The number of anilines is 2. The molecule has 0 saturated carbocycles. The Morgan fingerprint density at radius 1 is 1.13 bits per heavy atom. The van der Waals surface area contributed by atoms with Crippen LogP contribution in [-0.2, 0) is 11.8 Å². The summed E-state index contributed by atoms with van der Waals surface area (Å²) in [5.74, 6) is 2.29. The molecule has 0 aromatic carbocycles. The van der Waals surface area contributed by atoms with Gasteiger partial charge < -0.3 is 20.0 Å². The summed E-state index contributed by atoms with van der Waals surface area (Å²) >= 11 is 0. The van der Waals surface area contributed by atoms with Crippen LogP contribution in [0.3, 0.4) is 0 Å². The number of piperazine rings is 1. The van der Waals surface area contributed by atoms with Crippen LogP contribution in [0.5, 0.6) is 0 Å². The lowest BCUT2D eigenvalue weighted by molar-refractivity contribution is 0.311. The van der Waals surface area contributed by atoms with Gasteiger partial charge in [-0.05, 0) is 26.3 Å². The second-order valence-corrected chi connectivity index (χ2v) is 7.52. The van der Waals surface area contributed by atoms with Crippen LogP contribution in [0.4, 0.5) is 11.8 Å². The van der Waals surface area contributed by atoms with Gasteiger partial charge >= 0.3 is 0 Å². The Kier molecular flexibility index (Phi) is 3.27. The number of rotatable bonds is 1. The highest BCUT2D eigenvalue weighted by Gasteiger charge is 2.35. The average Bonchev–Trinajstić information content (AvgIpc) is 2.87. The van der Waals surface area contributed by atoms with E-state index in [1.807, 2.05) is 0 Å². The Labute approximate surface area is 136 Å². The maximum Gasteiger partial charge on any atom is 0.222 e. The average molecular weight is 315 g/mol. The Morgan fingerprint density at radius 3 is 2.61 bits per heavy atom. The lowest BCUT2D eigenvalue weighted by Gasteiger charge is -2.33. The van der Waals surface area contributed by atoms with E-state index in [2.05, 4.69) is 40.7 Å². The number of nitrogens with zero attached hydrogens (tertiary/aromatic N) is 4. The summed E-state index contributed by atoms with van der Waals surface area (Å²) in [5.41, 5.74) is 9.06. The van der Waals surface area contributed by atoms with Gasteiger partial charge in [0, 0.05) is 37.2 Å². The lowest BCUT2D eigenvalue weighted by Crippen LogP contribution is -2.45. The van der Waals surface area contributed by atoms with Crippen molar-refractivity contribution >= 4 is 22.9 Å². The number of aromatic nitrogens is 2. The molecule has 1 aliphatic carbocycles. The zero-order chi connectivity index (χ0) is 16.2. The molecule has 0 amide bonds. The summed E-state index contributed by atoms with van der Waals surface area (Å²) in [6.07, 6.45) is 3.33. The monoisotopic (exact) mass is 315 g/mol. The molecule has 1 aliphatic heterocycles. The van der Waals surface area contributed by atoms with E-state index in [-0.39, 0.29) is 5.41 Å². The molecule has 2 N–H and O–H groups in total. The fourth-order valence-corrected chi connectivity index (χ4v) is 3.86. The quantitative estimate of drug-likeness (QED) is 0.869. The number of nitrogen functional groups attached to an aromatic ring is 1. The SMILES string of the molecule is CN1CCN(c2nc(N)nc3c4c(oc23)C(C)(C)CCC4)CC1. The smallest absolute Gasteiger partial charge is 0.222 e. The van der Waals surface area contributed by atoms with Crippen molar-refractivity contribution < 1.29 is 4.42 Å². The van der Waals surface area contributed by atoms with Crippen LogP contribution in [0, 0.1) is 0 Å². The van der Waals surface area contributed by atoms with Gasteiger partial charge in [-0.25, -0.2) is 4.98 Å². The van der Waals surface area contributed by atoms with Crippen LogP contribution in [0.1, 0.15) is 38.0 Å². The molecule has 3 heterocycles. The van der Waals surface area contributed by atoms with Crippen LogP contribution < -0.4 is 10.6 Å². The van der Waals surface area contributed by atoms with E-state index in [4.69, 9.17) is 10.2 Å². The molecule has 0 bridgehead atoms. The van der Waals surface area contributed by atoms with E-state index in [9.17, 15) is 0 Å². The third kappa shape index (κ3) is 2.36. The summed E-state index contributed by atoms with van der Waals surface area (Å²) in [6.45, 7) is 8.43. The molecule has 0 unspecified atom stereocenters. The first kappa shape index (κ1) is 14.8. The lowest BCUT2D eigenvalue weighted by atomic mass is 9.77. The number of nitrogens with two attached hydrogens (primary N) is 1. The molecule has 124 valence electrons. The molecule has 1 fully saturated rings. The molecular weight excluding hydrogens is 290 g/mol. The van der Waals surface area contributed by atoms with E-state index in [0.717, 1.165) is 61.7 Å². The largest absolute Gasteiger partial charge is 0.455 e. The van der Waals surface area contributed by atoms with E-state index in [0.29, 0.717) is 5.95 Å². The number of furan rings is 1. The van der Waals surface area contributed by atoms with Crippen molar-refractivity contribution in [3.05, 3.63) is 11.3 Å². The van der Waals surface area contributed by atoms with Gasteiger partial charge in [-0.3, -0.25) is 0 Å². The van der Waals surface area contributed by atoms with Crippen molar-refractivity contribution in [3.63, 3.8) is 0 Å². The third-order valence-electron chi connectivity index (χ3n) is 5.28. The number of hydrogen-bond donors (Lipinski definition) is 1. The molecule has 2 aromatic rings. The van der Waals surface area contributed by atoms with Gasteiger partial charge in [-0.2, -0.15) is 4.98 Å². The fraction of sp³-hybridized carbons (Fsp3) is 0.647. The summed E-state index contributed by atoms with van der Waals surface area (Å²) in [5, 5.41) is 0. The molecule has 4 rings (SSSR count). The highest BCUT2D eigenvalue weighted by molar-refractivity contribution is 5.89. The Balaban J connectivity index is 1.87. The first-order valence-corrected chi connectivity index (χ1v) is 8.48. The minimum atomic E-state index is 0.0580. The molecular formula is C17H25N5O. The molecule has 0 spiro atoms. The fourth-order valence-electron chi connectivity index (χ4n) is 3.86. The van der Waals surface area contributed by atoms with Gasteiger partial charge in [-0.1, -0.05) is 13.8 Å². The van der Waals surface area contributed by atoms with E-state index >= 15 is 0 Å². The molecule has 6 heteroatoms. The van der Waals surface area contributed by atoms with Crippen LogP contribution in [0.15, 0.2) is 4.42 Å². The summed E-state index contributed by atoms with van der Waals surface area (Å²) in [4.78, 5) is 13.7. The van der Waals surface area contributed by atoms with Crippen LogP contribution in [0.25, 0.3) is 11.1 Å². The normalized spacial score (nSPS) is 21.6. The summed E-state index contributed by atoms with van der Waals surface area (Å²) < 4.78 is 6.34. The maximum absolute atomic E-state index is 6.34. The predicted octanol–water partition coefficient (Wildman–Crippen LogP) is 2.17. The zero-order valence-corrected chi connectivity index (χ0v) is 14.2. The molecule has 1 saturated heterocycles. The van der Waals surface area contributed by atoms with E-state index in [1.165, 1.54) is 12.0 Å². The van der Waals surface area contributed by atoms with Crippen molar-refractivity contribution in [2.45, 2.75) is 38.5 Å². The first-order valence-electron chi connectivity index (χ1n) is 8.48. The maximum atomic E-state index is 6.34.